The van der Waals surface area contributed by atoms with Crippen LogP contribution in [0.2, 0.25) is 0 Å². The van der Waals surface area contributed by atoms with Crippen molar-refractivity contribution in [1.29, 1.82) is 0 Å². The SMILES string of the molecule is CCCCCCCCCC/C=C/CCCCCC(=O)OC[C@H](COP(=O)(O)OCCN)OC(=O)CCCCCCCCCCCCCCCCCCCCC. The van der Waals surface area contributed by atoms with Gasteiger partial charge in [-0.05, 0) is 38.5 Å². The zero-order valence-corrected chi connectivity index (χ0v) is 36.8. The standard InChI is InChI=1S/C45H88NO8P/c1-3-5-7-9-11-13-15-17-19-20-21-22-24-26-28-30-32-34-36-38-45(48)54-43(42-53-55(49,50)52-40-39-46)41-51-44(47)37-35-33-31-29-27-25-23-18-16-14-12-10-8-6-4-2/h25,27,43H,3-24,26,28-42,46H2,1-2H3,(H,49,50)/b27-25+/t43-/m1/s1. The molecule has 0 fully saturated rings. The van der Waals surface area contributed by atoms with Crippen LogP contribution in [0.15, 0.2) is 12.2 Å². The molecule has 55 heavy (non-hydrogen) atoms. The molecule has 3 N–H and O–H groups in total. The quantitative estimate of drug-likeness (QED) is 0.0267. The first kappa shape index (κ1) is 53.8. The molecule has 0 rings (SSSR count). The average Bonchev–Trinajstić information content (AvgIpc) is 3.17. The normalized spacial score (nSPS) is 13.3. The highest BCUT2D eigenvalue weighted by atomic mass is 31.2. The van der Waals surface area contributed by atoms with Gasteiger partial charge in [0.1, 0.15) is 6.61 Å². The van der Waals surface area contributed by atoms with E-state index in [2.05, 4.69) is 26.0 Å². The van der Waals surface area contributed by atoms with Crippen LogP contribution < -0.4 is 5.73 Å². The lowest BCUT2D eigenvalue weighted by Crippen LogP contribution is -2.29. The fourth-order valence-electron chi connectivity index (χ4n) is 6.69. The third-order valence-corrected chi connectivity index (χ3v) is 11.1. The van der Waals surface area contributed by atoms with Gasteiger partial charge in [0.05, 0.1) is 13.2 Å². The Morgan fingerprint density at radius 3 is 1.31 bits per heavy atom. The van der Waals surface area contributed by atoms with E-state index in [0.717, 1.165) is 38.5 Å². The summed E-state index contributed by atoms with van der Waals surface area (Å²) in [5.41, 5.74) is 5.35. The van der Waals surface area contributed by atoms with Gasteiger partial charge in [-0.2, -0.15) is 0 Å². The molecule has 0 bridgehead atoms. The van der Waals surface area contributed by atoms with E-state index in [-0.39, 0.29) is 32.6 Å². The van der Waals surface area contributed by atoms with Crippen molar-refractivity contribution in [3.63, 3.8) is 0 Å². The van der Waals surface area contributed by atoms with Gasteiger partial charge in [-0.3, -0.25) is 18.6 Å². The molecule has 0 saturated heterocycles. The lowest BCUT2D eigenvalue weighted by molar-refractivity contribution is -0.161. The Morgan fingerprint density at radius 2 is 0.891 bits per heavy atom. The third kappa shape index (κ3) is 42.2. The number of rotatable bonds is 44. The Bertz CT molecular complexity index is 917. The number of carbonyl (C=O) groups is 2. The second kappa shape index (κ2) is 42.4. The summed E-state index contributed by atoms with van der Waals surface area (Å²) in [7, 11) is -4.38. The molecule has 0 aromatic carbocycles. The number of nitrogens with two attached hydrogens (primary N) is 1. The Kier molecular flexibility index (Phi) is 41.4. The molecule has 326 valence electrons. The summed E-state index contributed by atoms with van der Waals surface area (Å²) in [6, 6.07) is 0. The molecule has 0 aromatic rings. The van der Waals surface area contributed by atoms with Gasteiger partial charge < -0.3 is 20.1 Å². The lowest BCUT2D eigenvalue weighted by atomic mass is 10.0. The number of ether oxygens (including phenoxy) is 2. The summed E-state index contributed by atoms with van der Waals surface area (Å²) >= 11 is 0. The molecular weight excluding hydrogens is 713 g/mol. The maximum atomic E-state index is 12.6. The highest BCUT2D eigenvalue weighted by molar-refractivity contribution is 7.47. The molecule has 0 heterocycles. The summed E-state index contributed by atoms with van der Waals surface area (Å²) < 4.78 is 32.8. The van der Waals surface area contributed by atoms with Crippen molar-refractivity contribution < 1.29 is 37.6 Å². The molecule has 0 amide bonds. The molecule has 2 atom stereocenters. The van der Waals surface area contributed by atoms with Gasteiger partial charge in [0.2, 0.25) is 0 Å². The zero-order chi connectivity index (χ0) is 40.3. The van der Waals surface area contributed by atoms with E-state index in [0.29, 0.717) is 12.8 Å². The number of hydrogen-bond donors (Lipinski definition) is 2. The third-order valence-electron chi connectivity index (χ3n) is 10.2. The van der Waals surface area contributed by atoms with Crippen LogP contribution in [0.4, 0.5) is 0 Å². The summed E-state index contributed by atoms with van der Waals surface area (Å²) in [5, 5.41) is 0. The van der Waals surface area contributed by atoms with Crippen LogP contribution in [-0.2, 0) is 32.7 Å². The Hall–Kier alpha value is -1.25. The number of carbonyl (C=O) groups excluding carboxylic acids is 2. The van der Waals surface area contributed by atoms with Gasteiger partial charge in [-0.15, -0.1) is 0 Å². The van der Waals surface area contributed by atoms with Gasteiger partial charge in [-0.25, -0.2) is 4.57 Å². The van der Waals surface area contributed by atoms with E-state index in [1.54, 1.807) is 0 Å². The van der Waals surface area contributed by atoms with E-state index >= 15 is 0 Å². The molecule has 9 nitrogen and oxygen atoms in total. The van der Waals surface area contributed by atoms with E-state index < -0.39 is 32.5 Å². The van der Waals surface area contributed by atoms with E-state index in [4.69, 9.17) is 24.3 Å². The first-order valence-corrected chi connectivity index (χ1v) is 24.7. The molecule has 0 aliphatic rings. The van der Waals surface area contributed by atoms with Crippen LogP contribution in [-0.4, -0.2) is 49.3 Å². The molecule has 0 saturated carbocycles. The van der Waals surface area contributed by atoms with Crippen molar-refractivity contribution in [2.24, 2.45) is 5.73 Å². The molecule has 0 aliphatic carbocycles. The fraction of sp³-hybridized carbons (Fsp3) is 0.911. The van der Waals surface area contributed by atoms with Crippen LogP contribution >= 0.6 is 7.82 Å². The number of phosphoric ester groups is 1. The Balaban J connectivity index is 4.09. The summed E-state index contributed by atoms with van der Waals surface area (Å²) in [5.74, 6) is -0.834. The molecule has 0 aromatic heterocycles. The van der Waals surface area contributed by atoms with E-state index in [9.17, 15) is 19.0 Å². The topological polar surface area (TPSA) is 134 Å². The summed E-state index contributed by atoms with van der Waals surface area (Å²) in [4.78, 5) is 34.9. The average molecular weight is 802 g/mol. The molecule has 0 radical (unpaired) electrons. The number of esters is 2. The number of allylic oxidation sites excluding steroid dienone is 2. The minimum atomic E-state index is -4.38. The predicted octanol–water partition coefficient (Wildman–Crippen LogP) is 13.4. The summed E-state index contributed by atoms with van der Waals surface area (Å²) in [6.45, 7) is 3.75. The first-order chi connectivity index (χ1) is 26.8. The monoisotopic (exact) mass is 802 g/mol. The molecule has 10 heteroatoms. The van der Waals surface area contributed by atoms with Crippen LogP contribution in [0.1, 0.15) is 232 Å². The number of phosphoric acid groups is 1. The summed E-state index contributed by atoms with van der Waals surface area (Å²) in [6.07, 6.45) is 43.9. The van der Waals surface area contributed by atoms with Crippen molar-refractivity contribution in [3.8, 4) is 0 Å². The fourth-order valence-corrected chi connectivity index (χ4v) is 7.45. The van der Waals surface area contributed by atoms with Crippen LogP contribution in [0.25, 0.3) is 0 Å². The van der Waals surface area contributed by atoms with Crippen LogP contribution in [0, 0.1) is 0 Å². The van der Waals surface area contributed by atoms with Crippen molar-refractivity contribution in [2.75, 3.05) is 26.4 Å². The highest BCUT2D eigenvalue weighted by Gasteiger charge is 2.26. The van der Waals surface area contributed by atoms with E-state index in [1.807, 2.05) is 0 Å². The molecule has 0 aliphatic heterocycles. The number of unbranched alkanes of at least 4 members (excludes halogenated alkanes) is 29. The van der Waals surface area contributed by atoms with Gasteiger partial charge in [-0.1, -0.05) is 193 Å². The number of hydrogen-bond acceptors (Lipinski definition) is 8. The van der Waals surface area contributed by atoms with Crippen molar-refractivity contribution in [3.05, 3.63) is 12.2 Å². The van der Waals surface area contributed by atoms with Crippen LogP contribution in [0.5, 0.6) is 0 Å². The van der Waals surface area contributed by atoms with Crippen molar-refractivity contribution >= 4 is 19.8 Å². The molecular formula is C45H88NO8P. The second-order valence-corrected chi connectivity index (χ2v) is 17.1. The molecule has 0 spiro atoms. The van der Waals surface area contributed by atoms with Gasteiger partial charge in [0, 0.05) is 19.4 Å². The van der Waals surface area contributed by atoms with Crippen molar-refractivity contribution in [1.82, 2.24) is 0 Å². The largest absolute Gasteiger partial charge is 0.472 e. The lowest BCUT2D eigenvalue weighted by Gasteiger charge is -2.19. The predicted molar refractivity (Wildman–Crippen MR) is 229 cm³/mol. The Morgan fingerprint density at radius 1 is 0.527 bits per heavy atom. The van der Waals surface area contributed by atoms with Gasteiger partial charge in [0.25, 0.3) is 0 Å². The highest BCUT2D eigenvalue weighted by Crippen LogP contribution is 2.43. The Labute approximate surface area is 339 Å². The smallest absolute Gasteiger partial charge is 0.462 e. The maximum absolute atomic E-state index is 12.6. The van der Waals surface area contributed by atoms with E-state index in [1.165, 1.54) is 154 Å². The minimum Gasteiger partial charge on any atom is -0.462 e. The van der Waals surface area contributed by atoms with Crippen molar-refractivity contribution in [2.45, 2.75) is 238 Å². The van der Waals surface area contributed by atoms with Gasteiger partial charge in [0.15, 0.2) is 6.10 Å². The second-order valence-electron chi connectivity index (χ2n) is 15.6. The van der Waals surface area contributed by atoms with Gasteiger partial charge >= 0.3 is 19.8 Å². The minimum absolute atomic E-state index is 0.0545. The first-order valence-electron chi connectivity index (χ1n) is 23.2. The van der Waals surface area contributed by atoms with Crippen LogP contribution in [0.3, 0.4) is 0 Å². The zero-order valence-electron chi connectivity index (χ0n) is 35.9. The maximum Gasteiger partial charge on any atom is 0.472 e. The molecule has 1 unspecified atom stereocenters.